The second-order valence-corrected chi connectivity index (χ2v) is 6.34. The molecule has 0 amide bonds. The lowest BCUT2D eigenvalue weighted by molar-refractivity contribution is -0.145. The summed E-state index contributed by atoms with van der Waals surface area (Å²) in [4.78, 5) is 22.8. The fourth-order valence-corrected chi connectivity index (χ4v) is 2.83. The Bertz CT molecular complexity index is 708. The molecule has 1 atom stereocenters. The van der Waals surface area contributed by atoms with Crippen molar-refractivity contribution in [1.82, 2.24) is 0 Å². The Labute approximate surface area is 136 Å². The molecule has 1 aliphatic carbocycles. The van der Waals surface area contributed by atoms with Crippen LogP contribution < -0.4 is 5.73 Å². The lowest BCUT2D eigenvalue weighted by Crippen LogP contribution is -2.29. The highest BCUT2D eigenvalue weighted by Gasteiger charge is 2.36. The molecule has 0 heterocycles. The average molecular weight is 366 g/mol. The van der Waals surface area contributed by atoms with E-state index in [2.05, 4.69) is 15.9 Å². The molecule has 1 aliphatic rings. The van der Waals surface area contributed by atoms with Crippen LogP contribution in [0.25, 0.3) is 5.57 Å². The van der Waals surface area contributed by atoms with E-state index in [1.807, 2.05) is 12.1 Å². The molecule has 1 aromatic carbocycles. The Hall–Kier alpha value is -1.92. The fraction of sp³-hybridized carbons (Fsp3) is 0.250. The molecule has 6 heteroatoms. The number of hydrogen-bond donors (Lipinski definition) is 3. The van der Waals surface area contributed by atoms with Gasteiger partial charge >= 0.3 is 11.9 Å². The van der Waals surface area contributed by atoms with Gasteiger partial charge in [0.1, 0.15) is 0 Å². The van der Waals surface area contributed by atoms with Gasteiger partial charge in [-0.15, -0.1) is 0 Å². The number of halogens is 1. The molecular weight excluding hydrogens is 350 g/mol. The van der Waals surface area contributed by atoms with Gasteiger partial charge in [0.15, 0.2) is 0 Å². The molecule has 0 bridgehead atoms. The molecule has 0 aromatic heterocycles. The van der Waals surface area contributed by atoms with Crippen LogP contribution in [0.1, 0.15) is 24.5 Å². The largest absolute Gasteiger partial charge is 0.481 e. The van der Waals surface area contributed by atoms with E-state index < -0.39 is 17.4 Å². The molecule has 0 spiro atoms. The van der Waals surface area contributed by atoms with Crippen LogP contribution in [-0.2, 0) is 16.1 Å². The van der Waals surface area contributed by atoms with Crippen molar-refractivity contribution in [2.24, 2.45) is 11.1 Å². The van der Waals surface area contributed by atoms with Crippen LogP contribution in [0.5, 0.6) is 0 Å². The molecule has 0 aliphatic heterocycles. The standard InChI is InChI=1S/C16H16BrNO4/c1-16(15(21)22)6-10(5-11(7-16)14(19)20)9-2-3-13(17)12(4-9)8-18/h2-6H,7-8,18H2,1H3,(H,19,20)(H,21,22). The van der Waals surface area contributed by atoms with Crippen LogP contribution in [-0.4, -0.2) is 22.2 Å². The van der Waals surface area contributed by atoms with Crippen LogP contribution in [0, 0.1) is 5.41 Å². The van der Waals surface area contributed by atoms with Crippen molar-refractivity contribution in [3.8, 4) is 0 Å². The maximum atomic E-state index is 11.5. The number of carbonyl (C=O) groups is 2. The molecule has 4 N–H and O–H groups in total. The lowest BCUT2D eigenvalue weighted by Gasteiger charge is -2.26. The minimum absolute atomic E-state index is 0.0402. The van der Waals surface area contributed by atoms with Gasteiger partial charge in [-0.3, -0.25) is 4.79 Å². The zero-order valence-electron chi connectivity index (χ0n) is 12.0. The van der Waals surface area contributed by atoms with Gasteiger partial charge in [0.2, 0.25) is 0 Å². The monoisotopic (exact) mass is 365 g/mol. The zero-order valence-corrected chi connectivity index (χ0v) is 13.6. The first-order valence-corrected chi connectivity index (χ1v) is 7.45. The van der Waals surface area contributed by atoms with E-state index in [9.17, 15) is 19.8 Å². The van der Waals surface area contributed by atoms with Crippen molar-refractivity contribution < 1.29 is 19.8 Å². The summed E-state index contributed by atoms with van der Waals surface area (Å²) in [6.45, 7) is 1.85. The van der Waals surface area contributed by atoms with Gasteiger partial charge in [0.25, 0.3) is 0 Å². The first kappa shape index (κ1) is 16.5. The predicted octanol–water partition coefficient (Wildman–Crippen LogP) is 2.80. The number of nitrogens with two attached hydrogens (primary N) is 1. The highest BCUT2D eigenvalue weighted by Crippen LogP contribution is 2.38. The van der Waals surface area contributed by atoms with Gasteiger partial charge in [-0.25, -0.2) is 4.79 Å². The molecule has 0 saturated carbocycles. The van der Waals surface area contributed by atoms with Crippen molar-refractivity contribution in [3.63, 3.8) is 0 Å². The van der Waals surface area contributed by atoms with E-state index in [-0.39, 0.29) is 12.0 Å². The van der Waals surface area contributed by atoms with Crippen LogP contribution in [0.4, 0.5) is 0 Å². The second kappa shape index (κ2) is 6.06. The molecule has 2 rings (SSSR count). The highest BCUT2D eigenvalue weighted by atomic mass is 79.9. The third kappa shape index (κ3) is 3.13. The topological polar surface area (TPSA) is 101 Å². The third-order valence-electron chi connectivity index (χ3n) is 3.72. The fourth-order valence-electron chi connectivity index (χ4n) is 2.42. The summed E-state index contributed by atoms with van der Waals surface area (Å²) in [5.41, 5.74) is 6.70. The van der Waals surface area contributed by atoms with E-state index in [4.69, 9.17) is 5.73 Å². The highest BCUT2D eigenvalue weighted by molar-refractivity contribution is 9.10. The summed E-state index contributed by atoms with van der Waals surface area (Å²) in [6.07, 6.45) is 3.09. The summed E-state index contributed by atoms with van der Waals surface area (Å²) >= 11 is 3.39. The van der Waals surface area contributed by atoms with Gasteiger partial charge in [-0.1, -0.05) is 28.1 Å². The maximum Gasteiger partial charge on any atom is 0.331 e. The maximum absolute atomic E-state index is 11.5. The molecular formula is C16H16BrNO4. The zero-order chi connectivity index (χ0) is 16.5. The quantitative estimate of drug-likeness (QED) is 0.761. The van der Waals surface area contributed by atoms with Crippen molar-refractivity contribution in [3.05, 3.63) is 51.5 Å². The Kier molecular flexibility index (Phi) is 4.53. The van der Waals surface area contributed by atoms with Crippen molar-refractivity contribution >= 4 is 33.4 Å². The molecule has 1 aromatic rings. The first-order chi connectivity index (χ1) is 10.3. The second-order valence-electron chi connectivity index (χ2n) is 5.48. The van der Waals surface area contributed by atoms with Gasteiger partial charge < -0.3 is 15.9 Å². The molecule has 22 heavy (non-hydrogen) atoms. The molecule has 0 fully saturated rings. The lowest BCUT2D eigenvalue weighted by atomic mass is 9.76. The third-order valence-corrected chi connectivity index (χ3v) is 4.50. The average Bonchev–Trinajstić information content (AvgIpc) is 2.47. The number of carboxylic acids is 2. The van der Waals surface area contributed by atoms with Crippen LogP contribution in [0.2, 0.25) is 0 Å². The number of allylic oxidation sites excluding steroid dienone is 2. The predicted molar refractivity (Wildman–Crippen MR) is 86.1 cm³/mol. The normalized spacial score (nSPS) is 21.0. The summed E-state index contributed by atoms with van der Waals surface area (Å²) in [5.74, 6) is -2.15. The van der Waals surface area contributed by atoms with Crippen molar-refractivity contribution in [2.75, 3.05) is 0 Å². The number of rotatable bonds is 4. The van der Waals surface area contributed by atoms with E-state index >= 15 is 0 Å². The number of benzene rings is 1. The SMILES string of the molecule is CC1(C(=O)O)C=C(c2ccc(Br)c(CN)c2)C=C(C(=O)O)C1. The number of carboxylic acid groups (broad SMARTS) is 2. The van der Waals surface area contributed by atoms with Crippen LogP contribution >= 0.6 is 15.9 Å². The van der Waals surface area contributed by atoms with E-state index in [1.54, 1.807) is 12.1 Å². The molecule has 1 unspecified atom stereocenters. The van der Waals surface area contributed by atoms with Gasteiger partial charge in [-0.2, -0.15) is 0 Å². The van der Waals surface area contributed by atoms with E-state index in [0.29, 0.717) is 12.1 Å². The first-order valence-electron chi connectivity index (χ1n) is 6.66. The van der Waals surface area contributed by atoms with Gasteiger partial charge in [0, 0.05) is 16.6 Å². The van der Waals surface area contributed by atoms with Gasteiger partial charge in [-0.05, 0) is 48.3 Å². The summed E-state index contributed by atoms with van der Waals surface area (Å²) in [5, 5.41) is 18.7. The Morgan fingerprint density at radius 1 is 1.36 bits per heavy atom. The Morgan fingerprint density at radius 2 is 2.05 bits per heavy atom. The minimum atomic E-state index is -1.24. The van der Waals surface area contributed by atoms with E-state index in [1.165, 1.54) is 13.0 Å². The smallest absolute Gasteiger partial charge is 0.331 e. The van der Waals surface area contributed by atoms with Gasteiger partial charge in [0.05, 0.1) is 5.41 Å². The van der Waals surface area contributed by atoms with Crippen molar-refractivity contribution in [2.45, 2.75) is 19.9 Å². The number of aliphatic carboxylic acids is 2. The Morgan fingerprint density at radius 3 is 2.59 bits per heavy atom. The number of hydrogen-bond acceptors (Lipinski definition) is 3. The molecule has 5 nitrogen and oxygen atoms in total. The van der Waals surface area contributed by atoms with Crippen molar-refractivity contribution in [1.29, 1.82) is 0 Å². The van der Waals surface area contributed by atoms with Crippen LogP contribution in [0.15, 0.2) is 40.4 Å². The molecule has 0 saturated heterocycles. The summed E-state index contributed by atoms with van der Waals surface area (Å²) in [7, 11) is 0. The Balaban J connectivity index is 2.57. The van der Waals surface area contributed by atoms with E-state index in [0.717, 1.165) is 15.6 Å². The van der Waals surface area contributed by atoms with Crippen LogP contribution in [0.3, 0.4) is 0 Å². The molecule has 0 radical (unpaired) electrons. The summed E-state index contributed by atoms with van der Waals surface area (Å²) < 4.78 is 0.860. The summed E-state index contributed by atoms with van der Waals surface area (Å²) in [6, 6.07) is 5.46. The molecule has 116 valence electrons. The minimum Gasteiger partial charge on any atom is -0.481 e.